The van der Waals surface area contributed by atoms with E-state index < -0.39 is 11.9 Å². The van der Waals surface area contributed by atoms with E-state index in [-0.39, 0.29) is 0 Å². The van der Waals surface area contributed by atoms with Crippen LogP contribution in [0.2, 0.25) is 0 Å². The van der Waals surface area contributed by atoms with Crippen molar-refractivity contribution in [3.05, 3.63) is 64.4 Å². The van der Waals surface area contributed by atoms with E-state index in [0.29, 0.717) is 16.6 Å². The second-order valence-corrected chi connectivity index (χ2v) is 4.44. The summed E-state index contributed by atoms with van der Waals surface area (Å²) in [4.78, 5) is 14.3. The molecule has 0 saturated carbocycles. The lowest BCUT2D eigenvalue weighted by Crippen LogP contribution is -2.15. The average Bonchev–Trinajstić information content (AvgIpc) is 2.38. The lowest BCUT2D eigenvalue weighted by molar-refractivity contribution is -0.138. The SMILES string of the molecule is O=C(O)C(Cc1ccccc1)c1ccc[nH]c1=S. The first-order chi connectivity index (χ1) is 8.68. The molecule has 1 unspecified atom stereocenters. The molecule has 0 fully saturated rings. The van der Waals surface area contributed by atoms with Gasteiger partial charge in [-0.25, -0.2) is 0 Å². The Kier molecular flexibility index (Phi) is 3.89. The molecule has 0 saturated heterocycles. The summed E-state index contributed by atoms with van der Waals surface area (Å²) in [7, 11) is 0. The topological polar surface area (TPSA) is 53.1 Å². The monoisotopic (exact) mass is 259 g/mol. The van der Waals surface area contributed by atoms with Crippen molar-refractivity contribution in [2.24, 2.45) is 0 Å². The van der Waals surface area contributed by atoms with Crippen molar-refractivity contribution in [3.8, 4) is 0 Å². The zero-order valence-electron chi connectivity index (χ0n) is 9.67. The first kappa shape index (κ1) is 12.5. The molecule has 0 amide bonds. The molecule has 92 valence electrons. The Hall–Kier alpha value is -1.94. The molecule has 4 heteroatoms. The maximum absolute atomic E-state index is 11.4. The molecule has 2 aromatic rings. The summed E-state index contributed by atoms with van der Waals surface area (Å²) in [5, 5.41) is 9.35. The fraction of sp³-hybridized carbons (Fsp3) is 0.143. The minimum atomic E-state index is -0.857. The molecule has 0 aliphatic heterocycles. The Morgan fingerprint density at radius 2 is 1.94 bits per heavy atom. The summed E-state index contributed by atoms with van der Waals surface area (Å²) in [5.74, 6) is -1.47. The highest BCUT2D eigenvalue weighted by molar-refractivity contribution is 7.71. The molecule has 1 atom stereocenters. The second kappa shape index (κ2) is 5.60. The number of hydrogen-bond donors (Lipinski definition) is 2. The number of aromatic nitrogens is 1. The summed E-state index contributed by atoms with van der Waals surface area (Å²) >= 11 is 5.14. The zero-order valence-corrected chi connectivity index (χ0v) is 10.5. The number of rotatable bonds is 4. The van der Waals surface area contributed by atoms with E-state index in [9.17, 15) is 9.90 Å². The van der Waals surface area contributed by atoms with Crippen molar-refractivity contribution in [1.82, 2.24) is 4.98 Å². The molecular weight excluding hydrogens is 246 g/mol. The third kappa shape index (κ3) is 2.84. The summed E-state index contributed by atoms with van der Waals surface area (Å²) in [5.41, 5.74) is 1.65. The Bertz CT molecular complexity index is 592. The van der Waals surface area contributed by atoms with Crippen molar-refractivity contribution in [3.63, 3.8) is 0 Å². The minimum absolute atomic E-state index is 0.442. The van der Waals surface area contributed by atoms with Crippen LogP contribution in [0.5, 0.6) is 0 Å². The van der Waals surface area contributed by atoms with Gasteiger partial charge in [0.2, 0.25) is 0 Å². The first-order valence-electron chi connectivity index (χ1n) is 5.63. The van der Waals surface area contributed by atoms with Crippen LogP contribution >= 0.6 is 12.2 Å². The molecule has 0 spiro atoms. The number of hydrogen-bond acceptors (Lipinski definition) is 2. The Labute approximate surface area is 110 Å². The van der Waals surface area contributed by atoms with E-state index in [1.807, 2.05) is 30.3 Å². The maximum atomic E-state index is 11.4. The number of carbonyl (C=O) groups is 1. The van der Waals surface area contributed by atoms with E-state index in [4.69, 9.17) is 12.2 Å². The molecule has 1 aromatic heterocycles. The van der Waals surface area contributed by atoms with Crippen LogP contribution in [0.1, 0.15) is 17.0 Å². The largest absolute Gasteiger partial charge is 0.481 e. The first-order valence-corrected chi connectivity index (χ1v) is 6.03. The van der Waals surface area contributed by atoms with Crippen LogP contribution in [0, 0.1) is 4.64 Å². The fourth-order valence-corrected chi connectivity index (χ4v) is 2.17. The Morgan fingerprint density at radius 3 is 2.56 bits per heavy atom. The highest BCUT2D eigenvalue weighted by atomic mass is 32.1. The fourth-order valence-electron chi connectivity index (χ4n) is 1.89. The second-order valence-electron chi connectivity index (χ2n) is 4.04. The van der Waals surface area contributed by atoms with E-state index in [1.54, 1.807) is 18.3 Å². The predicted octanol–water partition coefficient (Wildman–Crippen LogP) is 3.16. The van der Waals surface area contributed by atoms with Crippen LogP contribution in [0.15, 0.2) is 48.7 Å². The number of benzene rings is 1. The van der Waals surface area contributed by atoms with Crippen LogP contribution in [-0.2, 0) is 11.2 Å². The van der Waals surface area contributed by atoms with Gasteiger partial charge in [0.25, 0.3) is 0 Å². The molecule has 0 aliphatic rings. The van der Waals surface area contributed by atoms with Gasteiger partial charge in [-0.15, -0.1) is 0 Å². The molecule has 0 bridgehead atoms. The summed E-state index contributed by atoms with van der Waals surface area (Å²) in [6.45, 7) is 0. The number of aliphatic carboxylic acids is 1. The highest BCUT2D eigenvalue weighted by Crippen LogP contribution is 2.21. The van der Waals surface area contributed by atoms with Gasteiger partial charge in [-0.1, -0.05) is 48.6 Å². The third-order valence-corrected chi connectivity index (χ3v) is 3.16. The average molecular weight is 259 g/mol. The van der Waals surface area contributed by atoms with Crippen molar-refractivity contribution >= 4 is 18.2 Å². The summed E-state index contributed by atoms with van der Waals surface area (Å²) < 4.78 is 0.487. The van der Waals surface area contributed by atoms with E-state index >= 15 is 0 Å². The summed E-state index contributed by atoms with van der Waals surface area (Å²) in [6, 6.07) is 13.1. The smallest absolute Gasteiger partial charge is 0.311 e. The molecular formula is C14H13NO2S. The van der Waals surface area contributed by atoms with Crippen LogP contribution < -0.4 is 0 Å². The molecule has 2 rings (SSSR count). The maximum Gasteiger partial charge on any atom is 0.311 e. The van der Waals surface area contributed by atoms with Crippen LogP contribution in [0.4, 0.5) is 0 Å². The van der Waals surface area contributed by atoms with Gasteiger partial charge < -0.3 is 10.1 Å². The lowest BCUT2D eigenvalue weighted by atomic mass is 9.93. The Balaban J connectivity index is 2.33. The molecule has 0 radical (unpaired) electrons. The zero-order chi connectivity index (χ0) is 13.0. The third-order valence-electron chi connectivity index (χ3n) is 2.80. The van der Waals surface area contributed by atoms with Crippen molar-refractivity contribution in [2.45, 2.75) is 12.3 Å². The van der Waals surface area contributed by atoms with Gasteiger partial charge in [0.1, 0.15) is 4.64 Å². The molecule has 3 nitrogen and oxygen atoms in total. The van der Waals surface area contributed by atoms with Gasteiger partial charge in [0.15, 0.2) is 0 Å². The van der Waals surface area contributed by atoms with E-state index in [0.717, 1.165) is 5.56 Å². The molecule has 1 heterocycles. The van der Waals surface area contributed by atoms with Gasteiger partial charge in [0, 0.05) is 11.8 Å². The standard InChI is InChI=1S/C14H13NO2S/c16-14(17)12(9-10-5-2-1-3-6-10)11-7-4-8-15-13(11)18/h1-8,12H,9H2,(H,15,18)(H,16,17). The molecule has 2 N–H and O–H groups in total. The number of carboxylic acids is 1. The van der Waals surface area contributed by atoms with Gasteiger partial charge in [-0.3, -0.25) is 4.79 Å². The van der Waals surface area contributed by atoms with Gasteiger partial charge in [-0.05, 0) is 18.1 Å². The lowest BCUT2D eigenvalue weighted by Gasteiger charge is -2.12. The molecule has 1 aromatic carbocycles. The van der Waals surface area contributed by atoms with Crippen LogP contribution in [-0.4, -0.2) is 16.1 Å². The summed E-state index contributed by atoms with van der Waals surface area (Å²) in [6.07, 6.45) is 2.14. The van der Waals surface area contributed by atoms with Crippen LogP contribution in [0.25, 0.3) is 0 Å². The Morgan fingerprint density at radius 1 is 1.22 bits per heavy atom. The minimum Gasteiger partial charge on any atom is -0.481 e. The quantitative estimate of drug-likeness (QED) is 0.829. The number of nitrogens with one attached hydrogen (secondary N) is 1. The number of pyridine rings is 1. The number of aromatic amines is 1. The normalized spacial score (nSPS) is 12.0. The molecule has 18 heavy (non-hydrogen) atoms. The highest BCUT2D eigenvalue weighted by Gasteiger charge is 2.21. The van der Waals surface area contributed by atoms with E-state index in [1.165, 1.54) is 0 Å². The number of H-pyrrole nitrogens is 1. The number of carboxylic acid groups (broad SMARTS) is 1. The van der Waals surface area contributed by atoms with Gasteiger partial charge >= 0.3 is 5.97 Å². The van der Waals surface area contributed by atoms with Crippen molar-refractivity contribution in [2.75, 3.05) is 0 Å². The van der Waals surface area contributed by atoms with Crippen molar-refractivity contribution < 1.29 is 9.90 Å². The van der Waals surface area contributed by atoms with Crippen LogP contribution in [0.3, 0.4) is 0 Å². The van der Waals surface area contributed by atoms with Gasteiger partial charge in [-0.2, -0.15) is 0 Å². The molecule has 0 aliphatic carbocycles. The van der Waals surface area contributed by atoms with Crippen molar-refractivity contribution in [1.29, 1.82) is 0 Å². The predicted molar refractivity (Wildman–Crippen MR) is 72.1 cm³/mol. The van der Waals surface area contributed by atoms with Gasteiger partial charge in [0.05, 0.1) is 5.92 Å². The van der Waals surface area contributed by atoms with E-state index in [2.05, 4.69) is 4.98 Å².